The summed E-state index contributed by atoms with van der Waals surface area (Å²) in [4.78, 5) is 38.5. The van der Waals surface area contributed by atoms with Gasteiger partial charge >= 0.3 is 0 Å². The molecule has 6 rings (SSSR count). The van der Waals surface area contributed by atoms with Crippen molar-refractivity contribution in [1.29, 1.82) is 0 Å². The van der Waals surface area contributed by atoms with Crippen LogP contribution in [0, 0.1) is 0 Å². The van der Waals surface area contributed by atoms with Gasteiger partial charge in [0.05, 0.1) is 30.2 Å². The van der Waals surface area contributed by atoms with Crippen LogP contribution in [0.3, 0.4) is 0 Å². The van der Waals surface area contributed by atoms with Crippen molar-refractivity contribution in [2.45, 2.75) is 50.0 Å². The molecule has 5 aromatic rings. The van der Waals surface area contributed by atoms with Crippen LogP contribution in [-0.4, -0.2) is 83.2 Å². The average molecular weight is 610 g/mol. The van der Waals surface area contributed by atoms with Gasteiger partial charge in [0.2, 0.25) is 5.91 Å². The number of hydrogen-bond donors (Lipinski definition) is 5. The SMILES string of the molecule is CCC(=O)N[C@H]1C[C@@H](n2cnc3c(NCC(c4ccccc4)c4ccccc4)nc(-n4cc(C(=O)NC)cn4)nc32)[C@H](O)[C@@H]1O. The molecule has 0 bridgehead atoms. The standard InChI is InChI=1S/C32H35N9O4/c1-3-25(42)37-23-14-24(28(44)27(23)43)40-18-35-26-29(38-32(39-30(26)40)41-17-21(15-36-41)31(45)33-2)34-16-22(19-10-6-4-7-11-19)20-12-8-5-9-13-20/h4-13,15,17-18,22-24,27-28,43-44H,3,14,16H2,1-2H3,(H,33,45)(H,37,42)(H,34,38,39)/t23-,24+,27+,28-/m0/s1. The zero-order valence-electron chi connectivity index (χ0n) is 24.9. The van der Waals surface area contributed by atoms with Gasteiger partial charge in [-0.1, -0.05) is 67.6 Å². The fraction of sp³-hybridized carbons (Fsp3) is 0.312. The lowest BCUT2D eigenvalue weighted by atomic mass is 9.91. The van der Waals surface area contributed by atoms with E-state index in [1.54, 1.807) is 17.8 Å². The third kappa shape index (κ3) is 5.99. The summed E-state index contributed by atoms with van der Waals surface area (Å²) < 4.78 is 3.11. The summed E-state index contributed by atoms with van der Waals surface area (Å²) in [7, 11) is 1.54. The number of carbonyl (C=O) groups is 2. The molecule has 0 spiro atoms. The number of carbonyl (C=O) groups excluding carboxylic acids is 2. The number of rotatable bonds is 10. The fourth-order valence-electron chi connectivity index (χ4n) is 5.80. The van der Waals surface area contributed by atoms with Crippen molar-refractivity contribution in [3.05, 3.63) is 96.1 Å². The third-order valence-electron chi connectivity index (χ3n) is 8.24. The first-order chi connectivity index (χ1) is 21.9. The van der Waals surface area contributed by atoms with E-state index in [1.165, 1.54) is 24.1 Å². The molecule has 1 aliphatic rings. The molecule has 13 heteroatoms. The minimum atomic E-state index is -1.18. The predicted octanol–water partition coefficient (Wildman–Crippen LogP) is 2.18. The monoisotopic (exact) mass is 609 g/mol. The van der Waals surface area contributed by atoms with Crippen LogP contribution in [-0.2, 0) is 4.79 Å². The fourth-order valence-corrected chi connectivity index (χ4v) is 5.80. The van der Waals surface area contributed by atoms with Gasteiger partial charge in [0.25, 0.3) is 11.9 Å². The Hall–Kier alpha value is -5.14. The Balaban J connectivity index is 1.40. The topological polar surface area (TPSA) is 172 Å². The molecule has 2 amide bonds. The van der Waals surface area contributed by atoms with Crippen molar-refractivity contribution in [1.82, 2.24) is 39.9 Å². The molecule has 2 aromatic carbocycles. The van der Waals surface area contributed by atoms with Gasteiger partial charge in [-0.15, -0.1) is 0 Å². The number of benzene rings is 2. The number of anilines is 1. The largest absolute Gasteiger partial charge is 0.388 e. The van der Waals surface area contributed by atoms with Crippen molar-refractivity contribution < 1.29 is 19.8 Å². The molecular weight excluding hydrogens is 574 g/mol. The van der Waals surface area contributed by atoms with Gasteiger partial charge in [0.15, 0.2) is 17.0 Å². The minimum absolute atomic E-state index is 0.0118. The predicted molar refractivity (Wildman–Crippen MR) is 167 cm³/mol. The number of imidazole rings is 1. The molecule has 5 N–H and O–H groups in total. The Morgan fingerprint density at radius 3 is 2.33 bits per heavy atom. The highest BCUT2D eigenvalue weighted by Crippen LogP contribution is 2.35. The highest BCUT2D eigenvalue weighted by molar-refractivity contribution is 5.93. The number of nitrogens with one attached hydrogen (secondary N) is 3. The molecule has 13 nitrogen and oxygen atoms in total. The van der Waals surface area contributed by atoms with Gasteiger partial charge in [-0.05, 0) is 17.5 Å². The summed E-state index contributed by atoms with van der Waals surface area (Å²) >= 11 is 0. The zero-order chi connectivity index (χ0) is 31.5. The van der Waals surface area contributed by atoms with Crippen LogP contribution in [0.4, 0.5) is 5.82 Å². The Labute approximate surface area is 259 Å². The highest BCUT2D eigenvalue weighted by atomic mass is 16.3. The van der Waals surface area contributed by atoms with Crippen LogP contribution in [0.5, 0.6) is 0 Å². The van der Waals surface area contributed by atoms with E-state index in [-0.39, 0.29) is 36.5 Å². The Morgan fingerprint density at radius 1 is 1.00 bits per heavy atom. The van der Waals surface area contributed by atoms with Gasteiger partial charge in [-0.2, -0.15) is 15.1 Å². The van der Waals surface area contributed by atoms with Crippen molar-refractivity contribution in [2.24, 2.45) is 0 Å². The molecule has 0 radical (unpaired) electrons. The van der Waals surface area contributed by atoms with E-state index in [9.17, 15) is 19.8 Å². The molecule has 0 aliphatic heterocycles. The van der Waals surface area contributed by atoms with Crippen LogP contribution in [0.15, 0.2) is 79.4 Å². The lowest BCUT2D eigenvalue weighted by Crippen LogP contribution is -2.42. The van der Waals surface area contributed by atoms with Crippen LogP contribution in [0.1, 0.15) is 53.2 Å². The van der Waals surface area contributed by atoms with Crippen LogP contribution >= 0.6 is 0 Å². The number of fused-ring (bicyclic) bond motifs is 1. The minimum Gasteiger partial charge on any atom is -0.388 e. The second-order valence-corrected chi connectivity index (χ2v) is 11.0. The first kappa shape index (κ1) is 29.9. The molecular formula is C32H35N9O4. The smallest absolute Gasteiger partial charge is 0.254 e. The van der Waals surface area contributed by atoms with E-state index >= 15 is 0 Å². The van der Waals surface area contributed by atoms with Crippen LogP contribution < -0.4 is 16.0 Å². The number of amides is 2. The van der Waals surface area contributed by atoms with Gasteiger partial charge in [-0.25, -0.2) is 9.67 Å². The number of aliphatic hydroxyl groups is 2. The number of hydrogen-bond acceptors (Lipinski definition) is 9. The van der Waals surface area contributed by atoms with Gasteiger partial charge in [0.1, 0.15) is 12.2 Å². The molecule has 232 valence electrons. The molecule has 3 heterocycles. The lowest BCUT2D eigenvalue weighted by Gasteiger charge is -2.20. The Bertz CT molecular complexity index is 1750. The molecule has 4 atom stereocenters. The maximum atomic E-state index is 12.3. The first-order valence-corrected chi connectivity index (χ1v) is 14.9. The number of aromatic nitrogens is 6. The molecule has 0 unspecified atom stereocenters. The van der Waals surface area contributed by atoms with Crippen LogP contribution in [0.25, 0.3) is 17.1 Å². The zero-order valence-corrected chi connectivity index (χ0v) is 24.9. The normalized spacial score (nSPS) is 19.6. The third-order valence-corrected chi connectivity index (χ3v) is 8.24. The average Bonchev–Trinajstić information content (AvgIpc) is 3.80. The van der Waals surface area contributed by atoms with Gasteiger partial charge in [-0.3, -0.25) is 9.59 Å². The van der Waals surface area contributed by atoms with Crippen molar-refractivity contribution >= 4 is 28.8 Å². The number of aliphatic hydroxyl groups excluding tert-OH is 2. The van der Waals surface area contributed by atoms with E-state index in [0.717, 1.165) is 11.1 Å². The maximum Gasteiger partial charge on any atom is 0.254 e. The van der Waals surface area contributed by atoms with E-state index in [1.807, 2.05) is 36.4 Å². The summed E-state index contributed by atoms with van der Waals surface area (Å²) in [5, 5.41) is 35.0. The van der Waals surface area contributed by atoms with Crippen molar-refractivity contribution in [3.8, 4) is 5.95 Å². The van der Waals surface area contributed by atoms with Gasteiger partial charge in [0, 0.05) is 32.1 Å². The number of nitrogens with zero attached hydrogens (tertiary/aromatic N) is 6. The van der Waals surface area contributed by atoms with E-state index in [0.29, 0.717) is 29.1 Å². The first-order valence-electron chi connectivity index (χ1n) is 14.9. The molecule has 1 aliphatic carbocycles. The summed E-state index contributed by atoms with van der Waals surface area (Å²) in [6, 6.07) is 19.1. The quantitative estimate of drug-likeness (QED) is 0.159. The Kier molecular flexibility index (Phi) is 8.54. The van der Waals surface area contributed by atoms with Crippen molar-refractivity contribution in [2.75, 3.05) is 18.9 Å². The molecule has 1 fully saturated rings. The van der Waals surface area contributed by atoms with Crippen LogP contribution in [0.2, 0.25) is 0 Å². The maximum absolute atomic E-state index is 12.3. The molecule has 45 heavy (non-hydrogen) atoms. The second-order valence-electron chi connectivity index (χ2n) is 11.0. The summed E-state index contributed by atoms with van der Waals surface area (Å²) in [6.07, 6.45) is 2.71. The highest BCUT2D eigenvalue weighted by Gasteiger charge is 2.43. The van der Waals surface area contributed by atoms with E-state index < -0.39 is 24.3 Å². The lowest BCUT2D eigenvalue weighted by molar-refractivity contribution is -0.122. The van der Waals surface area contributed by atoms with Crippen molar-refractivity contribution in [3.63, 3.8) is 0 Å². The second kappa shape index (κ2) is 12.8. The molecule has 3 aromatic heterocycles. The van der Waals surface area contributed by atoms with E-state index in [4.69, 9.17) is 9.97 Å². The molecule has 0 saturated heterocycles. The van der Waals surface area contributed by atoms with E-state index in [2.05, 4.69) is 50.3 Å². The summed E-state index contributed by atoms with van der Waals surface area (Å²) in [5.41, 5.74) is 3.44. The summed E-state index contributed by atoms with van der Waals surface area (Å²) in [5.74, 6) is 0.0912. The summed E-state index contributed by atoms with van der Waals surface area (Å²) in [6.45, 7) is 2.21. The Morgan fingerprint density at radius 2 is 1.69 bits per heavy atom. The van der Waals surface area contributed by atoms with Gasteiger partial charge < -0.3 is 30.7 Å². The molecule has 1 saturated carbocycles.